The smallest absolute Gasteiger partial charge is 0.258 e. The molecule has 1 aliphatic rings. The molecule has 2 amide bonds. The van der Waals surface area contributed by atoms with E-state index in [4.69, 9.17) is 10.00 Å². The first kappa shape index (κ1) is 21.1. The second-order valence-electron chi connectivity index (χ2n) is 7.79. The van der Waals surface area contributed by atoms with Crippen LogP contribution in [0.15, 0.2) is 66.7 Å². The first-order chi connectivity index (χ1) is 15.5. The number of fused-ring (bicyclic) bond motifs is 1. The van der Waals surface area contributed by atoms with E-state index in [1.165, 1.54) is 0 Å². The highest BCUT2D eigenvalue weighted by molar-refractivity contribution is 6.07. The Bertz CT molecular complexity index is 1190. The molecule has 3 aromatic rings. The van der Waals surface area contributed by atoms with E-state index in [-0.39, 0.29) is 17.9 Å². The van der Waals surface area contributed by atoms with E-state index in [1.54, 1.807) is 55.6 Å². The summed E-state index contributed by atoms with van der Waals surface area (Å²) < 4.78 is 5.18. The van der Waals surface area contributed by atoms with E-state index in [1.807, 2.05) is 36.1 Å². The Balaban J connectivity index is 1.50. The van der Waals surface area contributed by atoms with Crippen LogP contribution < -0.4 is 15.0 Å². The maximum Gasteiger partial charge on any atom is 0.258 e. The number of amides is 2. The molecule has 1 aliphatic heterocycles. The molecule has 0 saturated carbocycles. The lowest BCUT2D eigenvalue weighted by Gasteiger charge is -2.23. The molecule has 1 atom stereocenters. The van der Waals surface area contributed by atoms with Crippen LogP contribution in [-0.4, -0.2) is 25.0 Å². The average molecular weight is 425 g/mol. The maximum absolute atomic E-state index is 13.2. The molecule has 1 N–H and O–H groups in total. The van der Waals surface area contributed by atoms with Gasteiger partial charge in [0.25, 0.3) is 11.8 Å². The Kier molecular flexibility index (Phi) is 5.91. The molecule has 3 aromatic carbocycles. The Morgan fingerprint density at radius 1 is 1.06 bits per heavy atom. The third kappa shape index (κ3) is 4.19. The molecule has 6 nitrogen and oxygen atoms in total. The number of carbonyl (C=O) groups is 2. The van der Waals surface area contributed by atoms with Gasteiger partial charge in [0.15, 0.2) is 0 Å². The lowest BCUT2D eigenvalue weighted by atomic mass is 10.1. The lowest BCUT2D eigenvalue weighted by molar-refractivity contribution is 0.0948. The van der Waals surface area contributed by atoms with Gasteiger partial charge in [-0.15, -0.1) is 0 Å². The Hall–Kier alpha value is -4.11. The van der Waals surface area contributed by atoms with E-state index in [9.17, 15) is 9.59 Å². The standard InChI is InChI=1S/C26H23N3O3/c1-17-13-22-8-5-19(16-28-25(30)20-6-3-18(15-27)4-7-20)14-24(22)29(17)26(31)21-9-11-23(32-2)12-10-21/h3-12,14,17H,13,16H2,1-2H3,(H,28,30)/t17-/m1/s1. The summed E-state index contributed by atoms with van der Waals surface area (Å²) in [6.45, 7) is 2.37. The van der Waals surface area contributed by atoms with E-state index in [0.29, 0.717) is 29.0 Å². The molecule has 6 heteroatoms. The quantitative estimate of drug-likeness (QED) is 0.668. The highest BCUT2D eigenvalue weighted by Gasteiger charge is 2.31. The fourth-order valence-electron chi connectivity index (χ4n) is 3.93. The van der Waals surface area contributed by atoms with Crippen LogP contribution in [0.2, 0.25) is 0 Å². The van der Waals surface area contributed by atoms with Gasteiger partial charge in [0.2, 0.25) is 0 Å². The van der Waals surface area contributed by atoms with Crippen LogP contribution in [0, 0.1) is 11.3 Å². The normalized spacial score (nSPS) is 14.4. The van der Waals surface area contributed by atoms with Crippen molar-refractivity contribution in [3.05, 3.63) is 94.5 Å². The number of nitriles is 1. The average Bonchev–Trinajstić information content (AvgIpc) is 3.17. The molecule has 4 rings (SSSR count). The second kappa shape index (κ2) is 8.94. The van der Waals surface area contributed by atoms with Gasteiger partial charge in [0, 0.05) is 29.4 Å². The van der Waals surface area contributed by atoms with Crippen molar-refractivity contribution >= 4 is 17.5 Å². The molecular weight excluding hydrogens is 402 g/mol. The molecule has 0 aliphatic carbocycles. The Labute approximate surface area is 187 Å². The van der Waals surface area contributed by atoms with Crippen LogP contribution in [0.1, 0.15) is 44.3 Å². The summed E-state index contributed by atoms with van der Waals surface area (Å²) in [4.78, 5) is 27.5. The monoisotopic (exact) mass is 425 g/mol. The number of nitrogens with one attached hydrogen (secondary N) is 1. The largest absolute Gasteiger partial charge is 0.497 e. The number of nitrogens with zero attached hydrogens (tertiary/aromatic N) is 2. The number of anilines is 1. The van der Waals surface area contributed by atoms with Gasteiger partial charge in [0.1, 0.15) is 5.75 Å². The minimum Gasteiger partial charge on any atom is -0.497 e. The molecule has 0 saturated heterocycles. The first-order valence-electron chi connectivity index (χ1n) is 10.4. The van der Waals surface area contributed by atoms with E-state index < -0.39 is 0 Å². The van der Waals surface area contributed by atoms with Crippen LogP contribution in [-0.2, 0) is 13.0 Å². The SMILES string of the molecule is COc1ccc(C(=O)N2c3cc(CNC(=O)c4ccc(C#N)cc4)ccc3C[C@H]2C)cc1. The fraction of sp³-hybridized carbons (Fsp3) is 0.192. The second-order valence-corrected chi connectivity index (χ2v) is 7.79. The van der Waals surface area contributed by atoms with Crippen molar-refractivity contribution < 1.29 is 14.3 Å². The number of hydrogen-bond donors (Lipinski definition) is 1. The highest BCUT2D eigenvalue weighted by Crippen LogP contribution is 2.34. The van der Waals surface area contributed by atoms with E-state index in [2.05, 4.69) is 5.32 Å². The van der Waals surface area contributed by atoms with Crippen molar-refractivity contribution in [3.8, 4) is 11.8 Å². The zero-order valence-electron chi connectivity index (χ0n) is 18.0. The summed E-state index contributed by atoms with van der Waals surface area (Å²) in [5, 5.41) is 11.8. The van der Waals surface area contributed by atoms with Crippen molar-refractivity contribution in [2.24, 2.45) is 0 Å². The van der Waals surface area contributed by atoms with Gasteiger partial charge in [-0.25, -0.2) is 0 Å². The van der Waals surface area contributed by atoms with Crippen molar-refractivity contribution in [2.45, 2.75) is 25.9 Å². The minimum atomic E-state index is -0.213. The number of benzene rings is 3. The van der Waals surface area contributed by atoms with Crippen LogP contribution in [0.3, 0.4) is 0 Å². The molecule has 32 heavy (non-hydrogen) atoms. The van der Waals surface area contributed by atoms with Crippen LogP contribution in [0.4, 0.5) is 5.69 Å². The van der Waals surface area contributed by atoms with Gasteiger partial charge in [-0.05, 0) is 79.1 Å². The molecular formula is C26H23N3O3. The molecule has 0 bridgehead atoms. The third-order valence-corrected chi connectivity index (χ3v) is 5.65. The van der Waals surface area contributed by atoms with Crippen LogP contribution in [0.5, 0.6) is 5.75 Å². The van der Waals surface area contributed by atoms with Crippen molar-refractivity contribution in [1.82, 2.24) is 5.32 Å². The summed E-state index contributed by atoms with van der Waals surface area (Å²) in [6, 6.07) is 21.7. The molecule has 0 unspecified atom stereocenters. The van der Waals surface area contributed by atoms with Crippen molar-refractivity contribution in [3.63, 3.8) is 0 Å². The molecule has 1 heterocycles. The molecule has 0 radical (unpaired) electrons. The molecule has 0 aromatic heterocycles. The number of ether oxygens (including phenoxy) is 1. The maximum atomic E-state index is 13.2. The van der Waals surface area contributed by atoms with Gasteiger partial charge in [-0.2, -0.15) is 5.26 Å². The first-order valence-corrected chi connectivity index (χ1v) is 10.4. The van der Waals surface area contributed by atoms with Crippen LogP contribution >= 0.6 is 0 Å². The summed E-state index contributed by atoms with van der Waals surface area (Å²) in [5.41, 5.74) is 4.51. The van der Waals surface area contributed by atoms with Gasteiger partial charge in [-0.3, -0.25) is 9.59 Å². The number of methoxy groups -OCH3 is 1. The summed E-state index contributed by atoms with van der Waals surface area (Å²) in [7, 11) is 1.59. The predicted octanol–water partition coefficient (Wildman–Crippen LogP) is 4.09. The minimum absolute atomic E-state index is 0.0445. The van der Waals surface area contributed by atoms with Gasteiger partial charge >= 0.3 is 0 Å². The van der Waals surface area contributed by atoms with E-state index in [0.717, 1.165) is 23.2 Å². The summed E-state index contributed by atoms with van der Waals surface area (Å²) in [6.07, 6.45) is 0.787. The number of carbonyl (C=O) groups excluding carboxylic acids is 2. The lowest BCUT2D eigenvalue weighted by Crippen LogP contribution is -2.35. The number of hydrogen-bond acceptors (Lipinski definition) is 4. The Morgan fingerprint density at radius 2 is 1.75 bits per heavy atom. The molecule has 0 spiro atoms. The van der Waals surface area contributed by atoms with E-state index >= 15 is 0 Å². The zero-order chi connectivity index (χ0) is 22.7. The molecule has 0 fully saturated rings. The zero-order valence-corrected chi connectivity index (χ0v) is 18.0. The molecule has 160 valence electrons. The fourth-order valence-corrected chi connectivity index (χ4v) is 3.93. The van der Waals surface area contributed by atoms with Crippen molar-refractivity contribution in [2.75, 3.05) is 12.0 Å². The highest BCUT2D eigenvalue weighted by atomic mass is 16.5. The summed E-state index contributed by atoms with van der Waals surface area (Å²) >= 11 is 0. The van der Waals surface area contributed by atoms with Gasteiger partial charge in [0.05, 0.1) is 18.7 Å². The van der Waals surface area contributed by atoms with Gasteiger partial charge < -0.3 is 15.0 Å². The third-order valence-electron chi connectivity index (χ3n) is 5.65. The predicted molar refractivity (Wildman–Crippen MR) is 122 cm³/mol. The van der Waals surface area contributed by atoms with Crippen LogP contribution in [0.25, 0.3) is 0 Å². The van der Waals surface area contributed by atoms with Gasteiger partial charge in [-0.1, -0.05) is 12.1 Å². The summed E-state index contributed by atoms with van der Waals surface area (Å²) in [5.74, 6) is 0.434. The Morgan fingerprint density at radius 3 is 2.41 bits per heavy atom. The number of rotatable bonds is 5. The topological polar surface area (TPSA) is 82.4 Å². The van der Waals surface area contributed by atoms with Crippen molar-refractivity contribution in [1.29, 1.82) is 5.26 Å².